The SMILES string of the molecule is Cc1cc(N2CCN(CCO)C2=O)ccc1C=CS(=O)(=O)N1CCC2(CC1)N=C(c1cccc(C(F)(F)F)c1)NC2=O. The van der Waals surface area contributed by atoms with Gasteiger partial charge < -0.3 is 15.3 Å². The number of sulfonamides is 1. The quantitative estimate of drug-likeness (QED) is 0.503. The monoisotopic (exact) mass is 605 g/mol. The van der Waals surface area contributed by atoms with E-state index in [2.05, 4.69) is 10.3 Å². The molecule has 224 valence electrons. The summed E-state index contributed by atoms with van der Waals surface area (Å²) in [5, 5.41) is 12.8. The summed E-state index contributed by atoms with van der Waals surface area (Å²) in [4.78, 5) is 33.0. The summed E-state index contributed by atoms with van der Waals surface area (Å²) in [6, 6.07) is 9.61. The van der Waals surface area contributed by atoms with E-state index in [1.165, 1.54) is 22.5 Å². The van der Waals surface area contributed by atoms with Gasteiger partial charge in [-0.25, -0.2) is 13.2 Å². The smallest absolute Gasteiger partial charge is 0.395 e. The molecule has 5 rings (SSSR count). The number of halogens is 3. The van der Waals surface area contributed by atoms with Crippen LogP contribution in [0.2, 0.25) is 0 Å². The second-order valence-corrected chi connectivity index (χ2v) is 12.3. The summed E-state index contributed by atoms with van der Waals surface area (Å²) in [5.74, 6) is -0.424. The number of alkyl halides is 3. The van der Waals surface area contributed by atoms with E-state index in [0.717, 1.165) is 23.1 Å². The molecule has 0 aromatic heterocycles. The molecule has 10 nitrogen and oxygen atoms in total. The van der Waals surface area contributed by atoms with Crippen LogP contribution >= 0.6 is 0 Å². The maximum Gasteiger partial charge on any atom is 0.416 e. The Hall–Kier alpha value is -3.75. The Balaban J connectivity index is 1.25. The van der Waals surface area contributed by atoms with Crippen LogP contribution in [0.4, 0.5) is 23.7 Å². The highest BCUT2D eigenvalue weighted by molar-refractivity contribution is 7.92. The van der Waals surface area contributed by atoms with Gasteiger partial charge in [-0.3, -0.25) is 14.7 Å². The van der Waals surface area contributed by atoms with Crippen molar-refractivity contribution < 1.29 is 36.3 Å². The maximum atomic E-state index is 13.1. The van der Waals surface area contributed by atoms with Gasteiger partial charge in [0.15, 0.2) is 0 Å². The van der Waals surface area contributed by atoms with Gasteiger partial charge in [-0.05, 0) is 61.2 Å². The number of benzene rings is 2. The molecule has 0 saturated carbocycles. The third-order valence-corrected chi connectivity index (χ3v) is 9.37. The van der Waals surface area contributed by atoms with E-state index in [-0.39, 0.29) is 56.5 Å². The van der Waals surface area contributed by atoms with Crippen molar-refractivity contribution in [1.82, 2.24) is 14.5 Å². The van der Waals surface area contributed by atoms with Crippen molar-refractivity contribution in [3.8, 4) is 0 Å². The van der Waals surface area contributed by atoms with Crippen LogP contribution in [0, 0.1) is 6.92 Å². The van der Waals surface area contributed by atoms with Crippen LogP contribution in [0.3, 0.4) is 0 Å². The molecular weight excluding hydrogens is 575 g/mol. The van der Waals surface area contributed by atoms with Gasteiger partial charge in [0.05, 0.1) is 12.2 Å². The number of aliphatic hydroxyl groups excluding tert-OH is 1. The average Bonchev–Trinajstić information content (AvgIpc) is 3.47. The Morgan fingerprint density at radius 1 is 1.07 bits per heavy atom. The lowest BCUT2D eigenvalue weighted by Crippen LogP contribution is -2.50. The van der Waals surface area contributed by atoms with E-state index in [0.29, 0.717) is 24.3 Å². The van der Waals surface area contributed by atoms with Crippen LogP contribution in [0.1, 0.15) is 35.1 Å². The molecule has 3 heterocycles. The Bertz CT molecular complexity index is 1570. The number of piperidine rings is 1. The number of carbonyl (C=O) groups excluding carboxylic acids is 2. The molecule has 3 aliphatic heterocycles. The summed E-state index contributed by atoms with van der Waals surface area (Å²) in [6.07, 6.45) is -2.90. The molecule has 2 aromatic carbocycles. The van der Waals surface area contributed by atoms with Gasteiger partial charge in [0.25, 0.3) is 5.91 Å². The lowest BCUT2D eigenvalue weighted by molar-refractivity contribution is -0.137. The molecule has 1 spiro atoms. The van der Waals surface area contributed by atoms with Crippen molar-refractivity contribution in [3.63, 3.8) is 0 Å². The highest BCUT2D eigenvalue weighted by Gasteiger charge is 2.47. The predicted octanol–water partition coefficient (Wildman–Crippen LogP) is 2.96. The zero-order chi connectivity index (χ0) is 30.3. The Morgan fingerprint density at radius 2 is 1.81 bits per heavy atom. The summed E-state index contributed by atoms with van der Waals surface area (Å²) >= 11 is 0. The molecular formula is C28H30F3N5O5S. The zero-order valence-electron chi connectivity index (χ0n) is 22.8. The van der Waals surface area contributed by atoms with Crippen LogP contribution < -0.4 is 10.2 Å². The van der Waals surface area contributed by atoms with Crippen molar-refractivity contribution in [2.45, 2.75) is 31.5 Å². The molecule has 3 amide bonds. The minimum Gasteiger partial charge on any atom is -0.395 e. The minimum atomic E-state index is -4.54. The van der Waals surface area contributed by atoms with E-state index >= 15 is 0 Å². The molecule has 2 fully saturated rings. The number of urea groups is 1. The highest BCUT2D eigenvalue weighted by atomic mass is 32.2. The zero-order valence-corrected chi connectivity index (χ0v) is 23.6. The van der Waals surface area contributed by atoms with E-state index in [4.69, 9.17) is 5.11 Å². The molecule has 14 heteroatoms. The first-order valence-corrected chi connectivity index (χ1v) is 14.9. The fraction of sp³-hybridized carbons (Fsp3) is 0.393. The summed E-state index contributed by atoms with van der Waals surface area (Å²) in [7, 11) is -3.85. The standard InChI is InChI=1S/C28H30F3N5O5S/c1-19-17-23(36-13-12-34(14-15-37)26(36)39)6-5-20(19)7-16-42(40,41)35-10-8-27(9-11-35)25(38)32-24(33-27)21-3-2-4-22(18-21)28(29,30)31/h2-7,16-18,37H,8-15H2,1H3,(H,32,33,38). The first-order valence-electron chi connectivity index (χ1n) is 13.4. The number of nitrogens with one attached hydrogen (secondary N) is 1. The second-order valence-electron chi connectivity index (χ2n) is 10.5. The number of aliphatic hydroxyl groups is 1. The summed E-state index contributed by atoms with van der Waals surface area (Å²) < 4.78 is 66.9. The molecule has 42 heavy (non-hydrogen) atoms. The van der Waals surface area contributed by atoms with Crippen LogP contribution in [-0.4, -0.2) is 85.4 Å². The number of β-amino-alcohol motifs (C(OH)–C–C–N with tert-alkyl or cyclic N) is 1. The number of hydrogen-bond acceptors (Lipinski definition) is 6. The van der Waals surface area contributed by atoms with E-state index < -0.39 is 33.2 Å². The molecule has 3 aliphatic rings. The first kappa shape index (κ1) is 29.7. The van der Waals surface area contributed by atoms with E-state index in [1.807, 2.05) is 6.92 Å². The van der Waals surface area contributed by atoms with Crippen LogP contribution in [-0.2, 0) is 21.0 Å². The van der Waals surface area contributed by atoms with Gasteiger partial charge in [0.1, 0.15) is 11.4 Å². The van der Waals surface area contributed by atoms with E-state index in [1.54, 1.807) is 28.0 Å². The molecule has 0 unspecified atom stereocenters. The third kappa shape index (κ3) is 5.78. The number of nitrogens with zero attached hydrogens (tertiary/aromatic N) is 4. The first-order chi connectivity index (χ1) is 19.8. The molecule has 0 radical (unpaired) electrons. The number of amidine groups is 1. The van der Waals surface area contributed by atoms with Gasteiger partial charge in [-0.1, -0.05) is 18.2 Å². The van der Waals surface area contributed by atoms with Crippen molar-refractivity contribution in [2.24, 2.45) is 4.99 Å². The van der Waals surface area contributed by atoms with Crippen LogP contribution in [0.15, 0.2) is 52.9 Å². The lowest BCUT2D eigenvalue weighted by atomic mass is 9.89. The normalized spacial score (nSPS) is 19.7. The Kier molecular flexibility index (Phi) is 7.89. The van der Waals surface area contributed by atoms with Crippen molar-refractivity contribution in [2.75, 3.05) is 44.2 Å². The van der Waals surface area contributed by atoms with E-state index in [9.17, 15) is 31.2 Å². The Labute approximate surface area is 241 Å². The molecule has 0 atom stereocenters. The summed E-state index contributed by atoms with van der Waals surface area (Å²) in [5.41, 5.74) is 0.130. The third-order valence-electron chi connectivity index (χ3n) is 7.80. The van der Waals surface area contributed by atoms with Gasteiger partial charge >= 0.3 is 12.2 Å². The number of anilines is 1. The minimum absolute atomic E-state index is 0.0127. The predicted molar refractivity (Wildman–Crippen MR) is 150 cm³/mol. The molecule has 2 aromatic rings. The number of hydrogen-bond donors (Lipinski definition) is 2. The fourth-order valence-corrected chi connectivity index (χ4v) is 6.54. The number of rotatable bonds is 7. The van der Waals surface area contributed by atoms with Crippen molar-refractivity contribution >= 4 is 39.6 Å². The van der Waals surface area contributed by atoms with Gasteiger partial charge in [0.2, 0.25) is 10.0 Å². The molecule has 0 aliphatic carbocycles. The topological polar surface area (TPSA) is 123 Å². The van der Waals surface area contributed by atoms with Crippen LogP contribution in [0.25, 0.3) is 6.08 Å². The fourth-order valence-electron chi connectivity index (χ4n) is 5.36. The average molecular weight is 606 g/mol. The van der Waals surface area contributed by atoms with Gasteiger partial charge in [-0.2, -0.15) is 17.5 Å². The number of aliphatic imine (C=N–C) groups is 1. The molecule has 2 saturated heterocycles. The Morgan fingerprint density at radius 3 is 2.48 bits per heavy atom. The maximum absolute atomic E-state index is 13.1. The molecule has 0 bridgehead atoms. The number of carbonyl (C=O) groups is 2. The van der Waals surface area contributed by atoms with Gasteiger partial charge in [0, 0.05) is 49.4 Å². The molecule has 2 N–H and O–H groups in total. The van der Waals surface area contributed by atoms with Crippen LogP contribution in [0.5, 0.6) is 0 Å². The highest BCUT2D eigenvalue weighted by Crippen LogP contribution is 2.34. The lowest BCUT2D eigenvalue weighted by Gasteiger charge is -2.34. The van der Waals surface area contributed by atoms with Crippen molar-refractivity contribution in [3.05, 3.63) is 70.1 Å². The second kappa shape index (κ2) is 11.2. The number of aryl methyl sites for hydroxylation is 1. The summed E-state index contributed by atoms with van der Waals surface area (Å²) in [6.45, 7) is 2.98. The number of amides is 3. The van der Waals surface area contributed by atoms with Crippen molar-refractivity contribution in [1.29, 1.82) is 0 Å². The van der Waals surface area contributed by atoms with Gasteiger partial charge in [-0.15, -0.1) is 0 Å². The largest absolute Gasteiger partial charge is 0.416 e.